The van der Waals surface area contributed by atoms with Gasteiger partial charge in [0.05, 0.1) is 0 Å². The van der Waals surface area contributed by atoms with Crippen molar-refractivity contribution in [1.29, 1.82) is 0 Å². The van der Waals surface area contributed by atoms with E-state index in [1.807, 2.05) is 0 Å². The first-order valence-electron chi connectivity index (χ1n) is 6.41. The van der Waals surface area contributed by atoms with Gasteiger partial charge in [0.1, 0.15) is 0 Å². The van der Waals surface area contributed by atoms with Crippen molar-refractivity contribution in [2.75, 3.05) is 0 Å². The molecule has 2 atom stereocenters. The summed E-state index contributed by atoms with van der Waals surface area (Å²) in [5.41, 5.74) is 0. The summed E-state index contributed by atoms with van der Waals surface area (Å²) in [6, 6.07) is 0. The molecule has 0 spiro atoms. The van der Waals surface area contributed by atoms with Crippen LogP contribution in [0, 0.1) is 0 Å². The Labute approximate surface area is 182 Å². The Balaban J connectivity index is 7.00. The lowest BCUT2D eigenvalue weighted by molar-refractivity contribution is -0.442. The molecule has 0 aliphatic rings. The summed E-state index contributed by atoms with van der Waals surface area (Å²) in [7, 11) is 0. The number of hydrogen-bond donors (Lipinski definition) is 0. The highest BCUT2D eigenvalue weighted by Gasteiger charge is 2.96. The van der Waals surface area contributed by atoms with Crippen LogP contribution in [0.2, 0.25) is 0 Å². The van der Waals surface area contributed by atoms with Crippen molar-refractivity contribution in [2.45, 2.75) is 56.6 Å². The summed E-state index contributed by atoms with van der Waals surface area (Å²) in [5.74, 6) is -51.0. The van der Waals surface area contributed by atoms with Gasteiger partial charge in [-0.05, 0) is 23.2 Å². The van der Waals surface area contributed by atoms with Crippen molar-refractivity contribution in [3.05, 3.63) is 0 Å². The van der Waals surface area contributed by atoms with Gasteiger partial charge in [0.15, 0.2) is 0 Å². The second kappa shape index (κ2) is 7.70. The Hall–Kier alpha value is -0.100. The Bertz CT molecular complexity index is 642. The SMILES string of the molecule is FC(F)(Cl)C(F)(Cl)C(F)(F)C(F)(F)C(F)(F)C(F)(F)C(F)(F)C(F)(F)C(F)(Cl)C(F)(F)Cl. The van der Waals surface area contributed by atoms with Gasteiger partial charge >= 0.3 is 56.6 Å². The van der Waals surface area contributed by atoms with Gasteiger partial charge < -0.3 is 0 Å². The molecule has 0 bridgehead atoms. The molecule has 194 valence electrons. The maximum Gasteiger partial charge on any atom is 0.384 e. The van der Waals surface area contributed by atoms with Crippen LogP contribution in [0.25, 0.3) is 0 Å². The van der Waals surface area contributed by atoms with E-state index in [0.29, 0.717) is 0 Å². The van der Waals surface area contributed by atoms with Gasteiger partial charge in [-0.3, -0.25) is 0 Å². The summed E-state index contributed by atoms with van der Waals surface area (Å²) in [4.78, 5) is 0. The smallest absolute Gasteiger partial charge is 0.211 e. The highest BCUT2D eigenvalue weighted by molar-refractivity contribution is 6.33. The minimum atomic E-state index is -8.79. The standard InChI is InChI=1S/C10Cl4F18/c11-1(15,9(13,29)30)3(17,18)5(21,22)7(25,26)8(27,28)6(23,24)4(19,20)2(12,16)10(14,31)32. The summed E-state index contributed by atoms with van der Waals surface area (Å²) >= 11 is 14.2. The van der Waals surface area contributed by atoms with Crippen LogP contribution in [0.5, 0.6) is 0 Å². The molecule has 0 N–H and O–H groups in total. The van der Waals surface area contributed by atoms with Gasteiger partial charge in [-0.15, -0.1) is 0 Å². The van der Waals surface area contributed by atoms with Crippen LogP contribution in [0.4, 0.5) is 79.0 Å². The molecule has 0 rings (SSSR count). The van der Waals surface area contributed by atoms with Gasteiger partial charge in [0, 0.05) is 0 Å². The van der Waals surface area contributed by atoms with Crippen molar-refractivity contribution in [3.8, 4) is 0 Å². The van der Waals surface area contributed by atoms with E-state index in [-0.39, 0.29) is 0 Å². The molecule has 2 unspecified atom stereocenters. The molecule has 22 heteroatoms. The molecule has 0 radical (unpaired) electrons. The average Bonchev–Trinajstić information content (AvgIpc) is 2.51. The predicted molar refractivity (Wildman–Crippen MR) is 70.7 cm³/mol. The van der Waals surface area contributed by atoms with Gasteiger partial charge in [-0.25, -0.2) is 8.78 Å². The Morgan fingerprint density at radius 2 is 0.375 bits per heavy atom. The molecule has 0 nitrogen and oxygen atoms in total. The van der Waals surface area contributed by atoms with E-state index in [1.165, 1.54) is 0 Å². The molecule has 0 heterocycles. The predicted octanol–water partition coefficient (Wildman–Crippen LogP) is 8.27. The molecule has 0 aliphatic heterocycles. The van der Waals surface area contributed by atoms with Gasteiger partial charge in [-0.1, -0.05) is 23.2 Å². The van der Waals surface area contributed by atoms with Crippen molar-refractivity contribution >= 4 is 46.4 Å². The fraction of sp³-hybridized carbons (Fsp3) is 1.00. The van der Waals surface area contributed by atoms with Crippen molar-refractivity contribution in [3.63, 3.8) is 0 Å². The fourth-order valence-electron chi connectivity index (χ4n) is 1.54. The molecular weight excluding hydrogens is 604 g/mol. The highest BCUT2D eigenvalue weighted by atomic mass is 35.5. The topological polar surface area (TPSA) is 0 Å². The first-order chi connectivity index (χ1) is 13.2. The number of rotatable bonds is 9. The third kappa shape index (κ3) is 3.82. The largest absolute Gasteiger partial charge is 0.384 e. The zero-order valence-electron chi connectivity index (χ0n) is 13.3. The van der Waals surface area contributed by atoms with Crippen LogP contribution >= 0.6 is 46.4 Å². The second-order valence-electron chi connectivity index (χ2n) is 5.59. The lowest BCUT2D eigenvalue weighted by Crippen LogP contribution is -2.76. The molecule has 0 aromatic carbocycles. The Kier molecular flexibility index (Phi) is 7.68. The van der Waals surface area contributed by atoms with Gasteiger partial charge in [0.2, 0.25) is 0 Å². The summed E-state index contributed by atoms with van der Waals surface area (Å²) in [6.07, 6.45) is 0. The number of halogens is 22. The fourth-order valence-corrected chi connectivity index (χ4v) is 2.01. The second-order valence-corrected chi connectivity index (χ2v) is 7.58. The minimum Gasteiger partial charge on any atom is -0.211 e. The molecule has 0 aliphatic carbocycles. The van der Waals surface area contributed by atoms with E-state index >= 15 is 0 Å². The molecule has 0 saturated carbocycles. The maximum absolute atomic E-state index is 13.4. The zero-order chi connectivity index (χ0) is 27.0. The summed E-state index contributed by atoms with van der Waals surface area (Å²) in [5, 5.41) is -27.1. The first-order valence-corrected chi connectivity index (χ1v) is 7.92. The molecular formula is C10Cl4F18. The third-order valence-corrected chi connectivity index (χ3v) is 5.14. The van der Waals surface area contributed by atoms with Crippen LogP contribution in [-0.2, 0) is 0 Å². The molecule has 32 heavy (non-hydrogen) atoms. The van der Waals surface area contributed by atoms with E-state index in [2.05, 4.69) is 46.4 Å². The Morgan fingerprint density at radius 3 is 0.500 bits per heavy atom. The van der Waals surface area contributed by atoms with Gasteiger partial charge in [-0.2, -0.15) is 70.2 Å². The first kappa shape index (κ1) is 31.9. The van der Waals surface area contributed by atoms with E-state index in [9.17, 15) is 79.0 Å². The average molecular weight is 604 g/mol. The number of hydrogen-bond acceptors (Lipinski definition) is 0. The molecule has 0 aromatic heterocycles. The quantitative estimate of drug-likeness (QED) is 0.184. The lowest BCUT2D eigenvalue weighted by Gasteiger charge is -2.45. The van der Waals surface area contributed by atoms with Crippen molar-refractivity contribution in [1.82, 2.24) is 0 Å². The van der Waals surface area contributed by atoms with E-state index in [1.54, 1.807) is 0 Å². The van der Waals surface area contributed by atoms with E-state index in [4.69, 9.17) is 0 Å². The number of alkyl halides is 22. The molecule has 0 amide bonds. The summed E-state index contributed by atoms with van der Waals surface area (Å²) in [6.45, 7) is 0. The van der Waals surface area contributed by atoms with Gasteiger partial charge in [0.25, 0.3) is 0 Å². The monoisotopic (exact) mass is 602 g/mol. The normalized spacial score (nSPS) is 20.1. The summed E-state index contributed by atoms with van der Waals surface area (Å²) < 4.78 is 237. The van der Waals surface area contributed by atoms with Crippen molar-refractivity contribution in [2.24, 2.45) is 0 Å². The third-order valence-electron chi connectivity index (χ3n) is 3.47. The van der Waals surface area contributed by atoms with E-state index < -0.39 is 56.6 Å². The van der Waals surface area contributed by atoms with Crippen LogP contribution in [-0.4, -0.2) is 56.6 Å². The van der Waals surface area contributed by atoms with Crippen LogP contribution in [0.3, 0.4) is 0 Å². The van der Waals surface area contributed by atoms with Crippen LogP contribution in [0.1, 0.15) is 0 Å². The van der Waals surface area contributed by atoms with Crippen LogP contribution < -0.4 is 0 Å². The minimum absolute atomic E-state index is 3.53. The van der Waals surface area contributed by atoms with Crippen molar-refractivity contribution < 1.29 is 79.0 Å². The molecule has 0 aromatic rings. The zero-order valence-corrected chi connectivity index (χ0v) is 16.3. The maximum atomic E-state index is 13.4. The van der Waals surface area contributed by atoms with E-state index in [0.717, 1.165) is 0 Å². The van der Waals surface area contributed by atoms with Crippen LogP contribution in [0.15, 0.2) is 0 Å². The lowest BCUT2D eigenvalue weighted by atomic mass is 9.88. The molecule has 0 fully saturated rings. The molecule has 0 saturated heterocycles. The Morgan fingerprint density at radius 1 is 0.250 bits per heavy atom. The highest BCUT2D eigenvalue weighted by Crippen LogP contribution is 2.67.